The molecule has 1 aromatic carbocycles. The SMILES string of the molecule is CCC(N)Cc1ccc(N2CCCC2C(C)C)c(C)c1. The summed E-state index contributed by atoms with van der Waals surface area (Å²) in [5.41, 5.74) is 10.3. The van der Waals surface area contributed by atoms with Gasteiger partial charge in [-0.2, -0.15) is 0 Å². The third-order valence-electron chi connectivity index (χ3n) is 4.66. The zero-order valence-corrected chi connectivity index (χ0v) is 13.5. The highest BCUT2D eigenvalue weighted by atomic mass is 15.2. The molecule has 0 bridgehead atoms. The topological polar surface area (TPSA) is 29.3 Å². The fourth-order valence-corrected chi connectivity index (χ4v) is 3.40. The Kier molecular flexibility index (Phi) is 5.09. The molecule has 1 aliphatic heterocycles. The third kappa shape index (κ3) is 3.35. The standard InChI is InChI=1S/C18H30N2/c1-5-16(19)12-15-8-9-18(14(4)11-15)20-10-6-7-17(20)13(2)3/h8-9,11,13,16-17H,5-7,10,12,19H2,1-4H3. The second-order valence-electron chi connectivity index (χ2n) is 6.64. The molecular weight excluding hydrogens is 244 g/mol. The number of aryl methyl sites for hydroxylation is 1. The zero-order valence-electron chi connectivity index (χ0n) is 13.5. The van der Waals surface area contributed by atoms with Crippen molar-refractivity contribution in [1.82, 2.24) is 0 Å². The van der Waals surface area contributed by atoms with Gasteiger partial charge in [0, 0.05) is 24.3 Å². The molecule has 2 atom stereocenters. The summed E-state index contributed by atoms with van der Waals surface area (Å²) in [4.78, 5) is 2.61. The first-order valence-corrected chi connectivity index (χ1v) is 8.14. The summed E-state index contributed by atoms with van der Waals surface area (Å²) in [7, 11) is 0. The molecule has 112 valence electrons. The van der Waals surface area contributed by atoms with E-state index in [2.05, 4.69) is 50.8 Å². The number of nitrogens with zero attached hydrogens (tertiary/aromatic N) is 1. The van der Waals surface area contributed by atoms with Gasteiger partial charge < -0.3 is 10.6 Å². The molecule has 20 heavy (non-hydrogen) atoms. The van der Waals surface area contributed by atoms with Crippen LogP contribution in [0.15, 0.2) is 18.2 Å². The number of hydrogen-bond acceptors (Lipinski definition) is 2. The molecule has 0 aromatic heterocycles. The molecule has 1 aromatic rings. The molecule has 1 saturated heterocycles. The summed E-state index contributed by atoms with van der Waals surface area (Å²) in [6, 6.07) is 7.91. The van der Waals surface area contributed by atoms with Gasteiger partial charge in [-0.1, -0.05) is 32.9 Å². The highest BCUT2D eigenvalue weighted by Crippen LogP contribution is 2.32. The van der Waals surface area contributed by atoms with Crippen molar-refractivity contribution < 1.29 is 0 Å². The summed E-state index contributed by atoms with van der Waals surface area (Å²) in [5.74, 6) is 0.727. The molecule has 0 saturated carbocycles. The van der Waals surface area contributed by atoms with Crippen molar-refractivity contribution in [2.45, 2.75) is 65.5 Å². The van der Waals surface area contributed by atoms with Gasteiger partial charge in [0.2, 0.25) is 0 Å². The molecule has 0 amide bonds. The van der Waals surface area contributed by atoms with Crippen molar-refractivity contribution in [2.24, 2.45) is 11.7 Å². The van der Waals surface area contributed by atoms with Crippen LogP contribution in [0.1, 0.15) is 51.2 Å². The lowest BCUT2D eigenvalue weighted by molar-refractivity contribution is 0.491. The molecule has 2 unspecified atom stereocenters. The Morgan fingerprint density at radius 3 is 2.70 bits per heavy atom. The van der Waals surface area contributed by atoms with Gasteiger partial charge in [0.15, 0.2) is 0 Å². The van der Waals surface area contributed by atoms with Gasteiger partial charge in [-0.25, -0.2) is 0 Å². The normalized spacial score (nSPS) is 20.7. The van der Waals surface area contributed by atoms with E-state index >= 15 is 0 Å². The van der Waals surface area contributed by atoms with Crippen LogP contribution in [0.5, 0.6) is 0 Å². The van der Waals surface area contributed by atoms with Gasteiger partial charge >= 0.3 is 0 Å². The van der Waals surface area contributed by atoms with Crippen LogP contribution in [0.2, 0.25) is 0 Å². The summed E-state index contributed by atoms with van der Waals surface area (Å²) >= 11 is 0. The lowest BCUT2D eigenvalue weighted by Gasteiger charge is -2.31. The maximum Gasteiger partial charge on any atom is 0.0398 e. The van der Waals surface area contributed by atoms with Crippen molar-refractivity contribution in [2.75, 3.05) is 11.4 Å². The first-order valence-electron chi connectivity index (χ1n) is 8.14. The number of anilines is 1. The fourth-order valence-electron chi connectivity index (χ4n) is 3.40. The van der Waals surface area contributed by atoms with Crippen LogP contribution in [0.25, 0.3) is 0 Å². The Morgan fingerprint density at radius 1 is 1.35 bits per heavy atom. The minimum atomic E-state index is 0.287. The van der Waals surface area contributed by atoms with E-state index in [4.69, 9.17) is 5.73 Å². The summed E-state index contributed by atoms with van der Waals surface area (Å²) in [5, 5.41) is 0. The molecule has 2 N–H and O–H groups in total. The van der Waals surface area contributed by atoms with Crippen LogP contribution in [-0.2, 0) is 6.42 Å². The number of nitrogens with two attached hydrogens (primary N) is 1. The van der Waals surface area contributed by atoms with Crippen LogP contribution < -0.4 is 10.6 Å². The second kappa shape index (κ2) is 6.62. The van der Waals surface area contributed by atoms with E-state index in [0.29, 0.717) is 6.04 Å². The number of rotatable bonds is 5. The van der Waals surface area contributed by atoms with Gasteiger partial charge in [-0.3, -0.25) is 0 Å². The van der Waals surface area contributed by atoms with Crippen LogP contribution in [0.3, 0.4) is 0 Å². The summed E-state index contributed by atoms with van der Waals surface area (Å²) in [6.07, 6.45) is 4.69. The van der Waals surface area contributed by atoms with E-state index in [1.807, 2.05) is 0 Å². The van der Waals surface area contributed by atoms with Crippen molar-refractivity contribution in [3.8, 4) is 0 Å². The van der Waals surface area contributed by atoms with Crippen molar-refractivity contribution in [3.05, 3.63) is 29.3 Å². The van der Waals surface area contributed by atoms with Crippen LogP contribution in [-0.4, -0.2) is 18.6 Å². The molecular formula is C18H30N2. The predicted octanol–water partition coefficient (Wildman–Crippen LogP) is 3.90. The smallest absolute Gasteiger partial charge is 0.0398 e. The Balaban J connectivity index is 2.17. The molecule has 2 rings (SSSR count). The van der Waals surface area contributed by atoms with E-state index < -0.39 is 0 Å². The minimum Gasteiger partial charge on any atom is -0.368 e. The maximum absolute atomic E-state index is 6.07. The summed E-state index contributed by atoms with van der Waals surface area (Å²) < 4.78 is 0. The van der Waals surface area contributed by atoms with Gasteiger partial charge in [0.05, 0.1) is 0 Å². The molecule has 1 fully saturated rings. The van der Waals surface area contributed by atoms with Gasteiger partial charge in [0.1, 0.15) is 0 Å². The largest absolute Gasteiger partial charge is 0.368 e. The lowest BCUT2D eigenvalue weighted by Crippen LogP contribution is -2.33. The van der Waals surface area contributed by atoms with Gasteiger partial charge in [0.25, 0.3) is 0 Å². The van der Waals surface area contributed by atoms with Gasteiger partial charge in [-0.15, -0.1) is 0 Å². The fraction of sp³-hybridized carbons (Fsp3) is 0.667. The Morgan fingerprint density at radius 2 is 2.10 bits per heavy atom. The van der Waals surface area contributed by atoms with Crippen LogP contribution in [0.4, 0.5) is 5.69 Å². The van der Waals surface area contributed by atoms with E-state index in [0.717, 1.165) is 18.8 Å². The van der Waals surface area contributed by atoms with Gasteiger partial charge in [-0.05, 0) is 55.7 Å². The van der Waals surface area contributed by atoms with E-state index in [9.17, 15) is 0 Å². The monoisotopic (exact) mass is 274 g/mol. The highest BCUT2D eigenvalue weighted by Gasteiger charge is 2.27. The molecule has 2 heteroatoms. The van der Waals surface area contributed by atoms with Crippen molar-refractivity contribution >= 4 is 5.69 Å². The molecule has 0 aliphatic carbocycles. The number of benzene rings is 1. The van der Waals surface area contributed by atoms with Crippen LogP contribution >= 0.6 is 0 Å². The van der Waals surface area contributed by atoms with Crippen molar-refractivity contribution in [1.29, 1.82) is 0 Å². The van der Waals surface area contributed by atoms with Crippen LogP contribution in [0, 0.1) is 12.8 Å². The van der Waals surface area contributed by atoms with Crippen molar-refractivity contribution in [3.63, 3.8) is 0 Å². The lowest BCUT2D eigenvalue weighted by atomic mass is 9.99. The Bertz CT molecular complexity index is 439. The minimum absolute atomic E-state index is 0.287. The van der Waals surface area contributed by atoms with E-state index in [1.54, 1.807) is 0 Å². The maximum atomic E-state index is 6.07. The average Bonchev–Trinajstić information content (AvgIpc) is 2.88. The molecule has 0 radical (unpaired) electrons. The second-order valence-corrected chi connectivity index (χ2v) is 6.64. The third-order valence-corrected chi connectivity index (χ3v) is 4.66. The Labute approximate surface area is 124 Å². The zero-order chi connectivity index (χ0) is 14.7. The summed E-state index contributed by atoms with van der Waals surface area (Å²) in [6.45, 7) is 10.3. The predicted molar refractivity (Wildman–Crippen MR) is 88.4 cm³/mol. The van der Waals surface area contributed by atoms with E-state index in [-0.39, 0.29) is 6.04 Å². The molecule has 2 nitrogen and oxygen atoms in total. The Hall–Kier alpha value is -1.02. The molecule has 0 spiro atoms. The molecule has 1 aliphatic rings. The molecule has 1 heterocycles. The average molecular weight is 274 g/mol. The highest BCUT2D eigenvalue weighted by molar-refractivity contribution is 5.56. The number of hydrogen-bond donors (Lipinski definition) is 1. The quantitative estimate of drug-likeness (QED) is 0.882. The first-order chi connectivity index (χ1) is 9.52. The first kappa shape index (κ1) is 15.4. The van der Waals surface area contributed by atoms with E-state index in [1.165, 1.54) is 36.2 Å².